The first kappa shape index (κ1) is 17.5. The predicted octanol–water partition coefficient (Wildman–Crippen LogP) is 2.88. The Bertz CT molecular complexity index is 730. The standard InChI is InChI=1S/C18H20FN3O2/c1-12-3-6-14(7-4-12)10-20-18(24)21-11-17(23)22-15-8-5-13(2)16(19)9-15/h3-9H,10-11H2,1-2H3,(H,22,23)(H2,20,21,24). The molecule has 0 saturated carbocycles. The van der Waals surface area contributed by atoms with E-state index < -0.39 is 17.8 Å². The molecule has 3 N–H and O–H groups in total. The minimum Gasteiger partial charge on any atom is -0.334 e. The second kappa shape index (κ2) is 8.10. The van der Waals surface area contributed by atoms with Gasteiger partial charge in [0.15, 0.2) is 0 Å². The van der Waals surface area contributed by atoms with Crippen LogP contribution in [0, 0.1) is 19.7 Å². The van der Waals surface area contributed by atoms with Crippen molar-refractivity contribution in [2.24, 2.45) is 0 Å². The predicted molar refractivity (Wildman–Crippen MR) is 91.2 cm³/mol. The smallest absolute Gasteiger partial charge is 0.315 e. The zero-order chi connectivity index (χ0) is 17.5. The van der Waals surface area contributed by atoms with E-state index in [0.717, 1.165) is 11.1 Å². The Morgan fingerprint density at radius 3 is 2.38 bits per heavy atom. The van der Waals surface area contributed by atoms with Crippen LogP contribution < -0.4 is 16.0 Å². The van der Waals surface area contributed by atoms with Crippen molar-refractivity contribution in [3.63, 3.8) is 0 Å². The lowest BCUT2D eigenvalue weighted by Crippen LogP contribution is -2.39. The maximum Gasteiger partial charge on any atom is 0.315 e. The van der Waals surface area contributed by atoms with Crippen LogP contribution in [0.4, 0.5) is 14.9 Å². The number of anilines is 1. The fourth-order valence-corrected chi connectivity index (χ4v) is 1.99. The molecule has 0 aliphatic heterocycles. The van der Waals surface area contributed by atoms with E-state index in [9.17, 15) is 14.0 Å². The number of aryl methyl sites for hydroxylation is 2. The number of benzene rings is 2. The second-order valence-electron chi connectivity index (χ2n) is 5.53. The molecule has 0 spiro atoms. The van der Waals surface area contributed by atoms with Gasteiger partial charge < -0.3 is 16.0 Å². The number of nitrogens with one attached hydrogen (secondary N) is 3. The maximum atomic E-state index is 13.4. The van der Waals surface area contributed by atoms with E-state index in [1.807, 2.05) is 31.2 Å². The van der Waals surface area contributed by atoms with Crippen LogP contribution in [-0.2, 0) is 11.3 Å². The molecule has 0 aliphatic rings. The Balaban J connectivity index is 1.73. The summed E-state index contributed by atoms with van der Waals surface area (Å²) in [5.74, 6) is -0.819. The van der Waals surface area contributed by atoms with Crippen LogP contribution in [0.5, 0.6) is 0 Å². The van der Waals surface area contributed by atoms with Crippen LogP contribution >= 0.6 is 0 Å². The Morgan fingerprint density at radius 1 is 1.00 bits per heavy atom. The normalized spacial score (nSPS) is 10.1. The molecule has 2 rings (SSSR count). The highest BCUT2D eigenvalue weighted by Gasteiger charge is 2.07. The number of hydrogen-bond donors (Lipinski definition) is 3. The van der Waals surface area contributed by atoms with Gasteiger partial charge >= 0.3 is 6.03 Å². The highest BCUT2D eigenvalue weighted by molar-refractivity contribution is 5.94. The van der Waals surface area contributed by atoms with Gasteiger partial charge in [-0.3, -0.25) is 4.79 Å². The van der Waals surface area contributed by atoms with Crippen LogP contribution in [0.3, 0.4) is 0 Å². The van der Waals surface area contributed by atoms with Gasteiger partial charge in [0.05, 0.1) is 6.54 Å². The van der Waals surface area contributed by atoms with Crippen molar-refractivity contribution in [1.82, 2.24) is 10.6 Å². The van der Waals surface area contributed by atoms with Gasteiger partial charge in [0.2, 0.25) is 5.91 Å². The summed E-state index contributed by atoms with van der Waals surface area (Å²) in [6, 6.07) is 11.8. The van der Waals surface area contributed by atoms with E-state index in [0.29, 0.717) is 17.8 Å². The summed E-state index contributed by atoms with van der Waals surface area (Å²) in [4.78, 5) is 23.4. The number of halogens is 1. The average molecular weight is 329 g/mol. The van der Waals surface area contributed by atoms with Gasteiger partial charge in [0.1, 0.15) is 5.82 Å². The highest BCUT2D eigenvalue weighted by Crippen LogP contribution is 2.13. The molecule has 0 heterocycles. The molecule has 2 aromatic carbocycles. The second-order valence-corrected chi connectivity index (χ2v) is 5.53. The van der Waals surface area contributed by atoms with Crippen LogP contribution in [0.25, 0.3) is 0 Å². The number of rotatable bonds is 5. The topological polar surface area (TPSA) is 70.2 Å². The molecule has 24 heavy (non-hydrogen) atoms. The lowest BCUT2D eigenvalue weighted by molar-refractivity contribution is -0.115. The van der Waals surface area contributed by atoms with Crippen molar-refractivity contribution in [3.05, 3.63) is 65.0 Å². The summed E-state index contributed by atoms with van der Waals surface area (Å²) in [7, 11) is 0. The molecule has 0 aromatic heterocycles. The fourth-order valence-electron chi connectivity index (χ4n) is 1.99. The minimum absolute atomic E-state index is 0.199. The van der Waals surface area contributed by atoms with Crippen LogP contribution in [-0.4, -0.2) is 18.5 Å². The van der Waals surface area contributed by atoms with Gasteiger partial charge in [-0.25, -0.2) is 9.18 Å². The van der Waals surface area contributed by atoms with E-state index in [-0.39, 0.29) is 6.54 Å². The molecule has 0 atom stereocenters. The van der Waals surface area contributed by atoms with Gasteiger partial charge in [-0.15, -0.1) is 0 Å². The Labute approximate surface area is 140 Å². The SMILES string of the molecule is Cc1ccc(CNC(=O)NCC(=O)Nc2ccc(C)c(F)c2)cc1. The molecule has 0 fully saturated rings. The van der Waals surface area contributed by atoms with Crippen molar-refractivity contribution in [2.75, 3.05) is 11.9 Å². The van der Waals surface area contributed by atoms with Gasteiger partial charge in [-0.2, -0.15) is 0 Å². The lowest BCUT2D eigenvalue weighted by Gasteiger charge is -2.09. The molecule has 0 radical (unpaired) electrons. The van der Waals surface area contributed by atoms with E-state index >= 15 is 0 Å². The summed E-state index contributed by atoms with van der Waals surface area (Å²) in [5.41, 5.74) is 2.97. The van der Waals surface area contributed by atoms with Crippen molar-refractivity contribution >= 4 is 17.6 Å². The van der Waals surface area contributed by atoms with Crippen LogP contribution in [0.2, 0.25) is 0 Å². The minimum atomic E-state index is -0.444. The Hall–Kier alpha value is -2.89. The molecular weight excluding hydrogens is 309 g/mol. The monoisotopic (exact) mass is 329 g/mol. The Kier molecular flexibility index (Phi) is 5.89. The van der Waals surface area contributed by atoms with Crippen molar-refractivity contribution in [3.8, 4) is 0 Å². The first-order valence-corrected chi connectivity index (χ1v) is 7.57. The summed E-state index contributed by atoms with van der Waals surface area (Å²) >= 11 is 0. The third kappa shape index (κ3) is 5.39. The van der Waals surface area contributed by atoms with E-state index in [4.69, 9.17) is 0 Å². The molecule has 3 amide bonds. The molecule has 0 bridgehead atoms. The first-order chi connectivity index (χ1) is 11.4. The zero-order valence-electron chi connectivity index (χ0n) is 13.7. The zero-order valence-corrected chi connectivity index (χ0v) is 13.7. The summed E-state index contributed by atoms with van der Waals surface area (Å²) in [5, 5.41) is 7.64. The number of hydrogen-bond acceptors (Lipinski definition) is 2. The lowest BCUT2D eigenvalue weighted by atomic mass is 10.1. The van der Waals surface area contributed by atoms with Crippen LogP contribution in [0.1, 0.15) is 16.7 Å². The first-order valence-electron chi connectivity index (χ1n) is 7.57. The van der Waals surface area contributed by atoms with Crippen molar-refractivity contribution in [1.29, 1.82) is 0 Å². The van der Waals surface area contributed by atoms with E-state index in [1.165, 1.54) is 6.07 Å². The molecule has 5 nitrogen and oxygen atoms in total. The summed E-state index contributed by atoms with van der Waals surface area (Å²) in [6.45, 7) is 3.80. The number of urea groups is 1. The third-order valence-electron chi connectivity index (χ3n) is 3.44. The molecule has 0 aliphatic carbocycles. The van der Waals surface area contributed by atoms with Crippen molar-refractivity contribution < 1.29 is 14.0 Å². The molecule has 0 unspecified atom stereocenters. The molecule has 2 aromatic rings. The molecule has 6 heteroatoms. The molecule has 126 valence electrons. The highest BCUT2D eigenvalue weighted by atomic mass is 19.1. The van der Waals surface area contributed by atoms with E-state index in [1.54, 1.807) is 19.1 Å². The average Bonchev–Trinajstić information content (AvgIpc) is 2.56. The van der Waals surface area contributed by atoms with Gasteiger partial charge in [0.25, 0.3) is 0 Å². The number of carbonyl (C=O) groups is 2. The van der Waals surface area contributed by atoms with E-state index in [2.05, 4.69) is 16.0 Å². The largest absolute Gasteiger partial charge is 0.334 e. The van der Waals surface area contributed by atoms with Gasteiger partial charge in [-0.1, -0.05) is 35.9 Å². The summed E-state index contributed by atoms with van der Waals surface area (Å²) in [6.07, 6.45) is 0. The molecular formula is C18H20FN3O2. The number of carbonyl (C=O) groups excluding carboxylic acids is 2. The van der Waals surface area contributed by atoms with Gasteiger partial charge in [-0.05, 0) is 37.1 Å². The summed E-state index contributed by atoms with van der Waals surface area (Å²) < 4.78 is 13.4. The quantitative estimate of drug-likeness (QED) is 0.789. The third-order valence-corrected chi connectivity index (χ3v) is 3.44. The van der Waals surface area contributed by atoms with Crippen LogP contribution in [0.15, 0.2) is 42.5 Å². The molecule has 0 saturated heterocycles. The fraction of sp³-hybridized carbons (Fsp3) is 0.222. The van der Waals surface area contributed by atoms with Crippen molar-refractivity contribution in [2.45, 2.75) is 20.4 Å². The maximum absolute atomic E-state index is 13.4. The number of amides is 3. The van der Waals surface area contributed by atoms with Gasteiger partial charge in [0, 0.05) is 12.2 Å². The Morgan fingerprint density at radius 2 is 1.71 bits per heavy atom.